The number of esters is 1. The second-order valence-corrected chi connectivity index (χ2v) is 6.63. The molecule has 3 N–H and O–H groups in total. The zero-order valence-corrected chi connectivity index (χ0v) is 13.9. The van der Waals surface area contributed by atoms with Crippen molar-refractivity contribution in [2.45, 2.75) is 13.3 Å². The fraction of sp³-hybridized carbons (Fsp3) is 0.429. The Hall–Kier alpha value is -2.13. The van der Waals surface area contributed by atoms with Crippen LogP contribution in [0.2, 0.25) is 0 Å². The number of hydrogen-bond acceptors (Lipinski definition) is 5. The quantitative estimate of drug-likeness (QED) is 0.594. The van der Waals surface area contributed by atoms with Gasteiger partial charge in [0.15, 0.2) is 0 Å². The van der Waals surface area contributed by atoms with Crippen LogP contribution >= 0.6 is 0 Å². The molecule has 0 fully saturated rings. The Labute approximate surface area is 135 Å². The summed E-state index contributed by atoms with van der Waals surface area (Å²) in [6, 6.07) is 6.21. The standard InChI is InChI=1S/C14H21N3O5S/c1-3-22-13(18)10-11-4-6-12(7-5-11)17-14(19)16-8-9-23(20,21)15-2/h4-7,15H,3,8-10H2,1-2H3,(H2,16,17,19). The molecular formula is C14H21N3O5S. The molecule has 0 radical (unpaired) electrons. The van der Waals surface area contributed by atoms with Crippen LogP contribution in [0.5, 0.6) is 0 Å². The minimum atomic E-state index is -3.35. The molecule has 0 saturated carbocycles. The number of anilines is 1. The van der Waals surface area contributed by atoms with Gasteiger partial charge in [-0.05, 0) is 31.7 Å². The van der Waals surface area contributed by atoms with Crippen molar-refractivity contribution in [3.63, 3.8) is 0 Å². The maximum Gasteiger partial charge on any atom is 0.319 e. The van der Waals surface area contributed by atoms with Crippen molar-refractivity contribution in [2.75, 3.05) is 31.3 Å². The molecule has 128 valence electrons. The highest BCUT2D eigenvalue weighted by molar-refractivity contribution is 7.89. The van der Waals surface area contributed by atoms with E-state index < -0.39 is 16.1 Å². The van der Waals surface area contributed by atoms with Crippen molar-refractivity contribution >= 4 is 27.7 Å². The number of amides is 2. The molecular weight excluding hydrogens is 322 g/mol. The van der Waals surface area contributed by atoms with Gasteiger partial charge in [-0.1, -0.05) is 12.1 Å². The van der Waals surface area contributed by atoms with Gasteiger partial charge in [0, 0.05) is 12.2 Å². The van der Waals surface area contributed by atoms with E-state index >= 15 is 0 Å². The molecule has 1 aromatic carbocycles. The molecule has 8 nitrogen and oxygen atoms in total. The van der Waals surface area contributed by atoms with Crippen LogP contribution in [0.15, 0.2) is 24.3 Å². The van der Waals surface area contributed by atoms with Crippen LogP contribution in [0, 0.1) is 0 Å². The number of benzene rings is 1. The Morgan fingerprint density at radius 2 is 1.83 bits per heavy atom. The molecule has 0 bridgehead atoms. The van der Waals surface area contributed by atoms with Crippen molar-refractivity contribution in [2.24, 2.45) is 0 Å². The zero-order valence-electron chi connectivity index (χ0n) is 13.1. The van der Waals surface area contributed by atoms with E-state index in [1.165, 1.54) is 7.05 Å². The fourth-order valence-electron chi connectivity index (χ4n) is 1.66. The SMILES string of the molecule is CCOC(=O)Cc1ccc(NC(=O)NCCS(=O)(=O)NC)cc1. The van der Waals surface area contributed by atoms with Crippen LogP contribution < -0.4 is 15.4 Å². The summed E-state index contributed by atoms with van der Waals surface area (Å²) in [4.78, 5) is 23.0. The van der Waals surface area contributed by atoms with Crippen LogP contribution in [0.1, 0.15) is 12.5 Å². The van der Waals surface area contributed by atoms with Crippen molar-refractivity contribution in [3.05, 3.63) is 29.8 Å². The number of sulfonamides is 1. The number of rotatable bonds is 8. The van der Waals surface area contributed by atoms with E-state index in [2.05, 4.69) is 15.4 Å². The number of urea groups is 1. The third kappa shape index (κ3) is 7.61. The van der Waals surface area contributed by atoms with Crippen LogP contribution in [0.3, 0.4) is 0 Å². The van der Waals surface area contributed by atoms with Crippen LogP contribution in [0.4, 0.5) is 10.5 Å². The highest BCUT2D eigenvalue weighted by Crippen LogP contribution is 2.10. The third-order valence-electron chi connectivity index (χ3n) is 2.83. The molecule has 0 aliphatic carbocycles. The van der Waals surface area contributed by atoms with Gasteiger partial charge >= 0.3 is 12.0 Å². The van der Waals surface area contributed by atoms with E-state index in [0.717, 1.165) is 5.56 Å². The van der Waals surface area contributed by atoms with Crippen molar-refractivity contribution in [1.29, 1.82) is 0 Å². The molecule has 0 aromatic heterocycles. The Bertz CT molecular complexity index is 628. The molecule has 0 spiro atoms. The molecule has 23 heavy (non-hydrogen) atoms. The summed E-state index contributed by atoms with van der Waals surface area (Å²) >= 11 is 0. The van der Waals surface area contributed by atoms with E-state index in [-0.39, 0.29) is 24.7 Å². The van der Waals surface area contributed by atoms with Gasteiger partial charge in [0.05, 0.1) is 18.8 Å². The lowest BCUT2D eigenvalue weighted by atomic mass is 10.1. The Kier molecular flexibility index (Phi) is 7.49. The Morgan fingerprint density at radius 1 is 1.17 bits per heavy atom. The second-order valence-electron chi connectivity index (χ2n) is 4.58. The van der Waals surface area contributed by atoms with Crippen molar-refractivity contribution in [1.82, 2.24) is 10.0 Å². The van der Waals surface area contributed by atoms with E-state index in [1.54, 1.807) is 31.2 Å². The molecule has 0 heterocycles. The number of carbonyl (C=O) groups excluding carboxylic acids is 2. The van der Waals surface area contributed by atoms with Crippen LogP contribution in [-0.4, -0.2) is 46.4 Å². The number of nitrogens with one attached hydrogen (secondary N) is 3. The Morgan fingerprint density at radius 3 is 2.39 bits per heavy atom. The van der Waals surface area contributed by atoms with E-state index in [9.17, 15) is 18.0 Å². The Balaban J connectivity index is 2.42. The molecule has 0 aliphatic heterocycles. The predicted molar refractivity (Wildman–Crippen MR) is 86.6 cm³/mol. The van der Waals surface area contributed by atoms with Gasteiger partial charge in [0.2, 0.25) is 10.0 Å². The van der Waals surface area contributed by atoms with Gasteiger partial charge in [-0.2, -0.15) is 0 Å². The summed E-state index contributed by atoms with van der Waals surface area (Å²) in [5, 5.41) is 5.01. The second kappa shape index (κ2) is 9.11. The van der Waals surface area contributed by atoms with Gasteiger partial charge in [-0.3, -0.25) is 4.79 Å². The average Bonchev–Trinajstić information content (AvgIpc) is 2.49. The van der Waals surface area contributed by atoms with Crippen molar-refractivity contribution in [3.8, 4) is 0 Å². The van der Waals surface area contributed by atoms with Crippen LogP contribution in [-0.2, 0) is 26.0 Å². The smallest absolute Gasteiger partial charge is 0.319 e. The number of ether oxygens (including phenoxy) is 1. The lowest BCUT2D eigenvalue weighted by molar-refractivity contribution is -0.142. The number of carbonyl (C=O) groups is 2. The highest BCUT2D eigenvalue weighted by atomic mass is 32.2. The maximum atomic E-state index is 11.6. The van der Waals surface area contributed by atoms with Gasteiger partial charge in [-0.15, -0.1) is 0 Å². The largest absolute Gasteiger partial charge is 0.466 e. The molecule has 0 atom stereocenters. The zero-order chi connectivity index (χ0) is 17.3. The summed E-state index contributed by atoms with van der Waals surface area (Å²) in [5.41, 5.74) is 1.31. The highest BCUT2D eigenvalue weighted by Gasteiger charge is 2.08. The summed E-state index contributed by atoms with van der Waals surface area (Å²) in [5.74, 6) is -0.508. The molecule has 0 unspecified atom stereocenters. The minimum absolute atomic E-state index is 0.00402. The topological polar surface area (TPSA) is 114 Å². The van der Waals surface area contributed by atoms with Gasteiger partial charge in [0.1, 0.15) is 0 Å². The fourth-order valence-corrected chi connectivity index (χ4v) is 2.24. The van der Waals surface area contributed by atoms with E-state index in [1.807, 2.05) is 0 Å². The molecule has 1 aromatic rings. The molecule has 9 heteroatoms. The lowest BCUT2D eigenvalue weighted by Crippen LogP contribution is -2.35. The van der Waals surface area contributed by atoms with E-state index in [4.69, 9.17) is 4.74 Å². The average molecular weight is 343 g/mol. The van der Waals surface area contributed by atoms with Crippen molar-refractivity contribution < 1.29 is 22.7 Å². The first kappa shape index (κ1) is 18.9. The summed E-state index contributed by atoms with van der Waals surface area (Å²) in [6.45, 7) is 2.07. The minimum Gasteiger partial charge on any atom is -0.466 e. The summed E-state index contributed by atoms with van der Waals surface area (Å²) < 4.78 is 29.4. The predicted octanol–water partition coefficient (Wildman–Crippen LogP) is 0.463. The summed E-state index contributed by atoms with van der Waals surface area (Å²) in [6.07, 6.45) is 0.169. The number of hydrogen-bond donors (Lipinski definition) is 3. The van der Waals surface area contributed by atoms with Crippen LogP contribution in [0.25, 0.3) is 0 Å². The monoisotopic (exact) mass is 343 g/mol. The molecule has 0 aliphatic rings. The molecule has 2 amide bonds. The third-order valence-corrected chi connectivity index (χ3v) is 4.20. The normalized spacial score (nSPS) is 10.9. The first-order chi connectivity index (χ1) is 10.9. The lowest BCUT2D eigenvalue weighted by Gasteiger charge is -2.08. The van der Waals surface area contributed by atoms with Gasteiger partial charge in [-0.25, -0.2) is 17.9 Å². The van der Waals surface area contributed by atoms with Gasteiger partial charge < -0.3 is 15.4 Å². The first-order valence-electron chi connectivity index (χ1n) is 7.07. The molecule has 1 rings (SSSR count). The van der Waals surface area contributed by atoms with E-state index in [0.29, 0.717) is 12.3 Å². The first-order valence-corrected chi connectivity index (χ1v) is 8.72. The maximum absolute atomic E-state index is 11.6. The summed E-state index contributed by atoms with van der Waals surface area (Å²) in [7, 11) is -2.03. The van der Waals surface area contributed by atoms with Gasteiger partial charge in [0.25, 0.3) is 0 Å². The molecule has 0 saturated heterocycles.